The molecule has 132 valence electrons. The lowest BCUT2D eigenvalue weighted by molar-refractivity contribution is -0.141. The maximum absolute atomic E-state index is 13.5. The van der Waals surface area contributed by atoms with Gasteiger partial charge < -0.3 is 10.2 Å². The van der Waals surface area contributed by atoms with Gasteiger partial charge in [-0.1, -0.05) is 32.9 Å². The number of rotatable bonds is 4. The molecule has 1 aromatic rings. The number of carbonyl (C=O) groups excluding carboxylic acids is 2. The van der Waals surface area contributed by atoms with E-state index in [9.17, 15) is 14.0 Å². The molecule has 1 saturated heterocycles. The van der Waals surface area contributed by atoms with Crippen LogP contribution in [0.5, 0.6) is 0 Å². The van der Waals surface area contributed by atoms with Gasteiger partial charge >= 0.3 is 0 Å². The van der Waals surface area contributed by atoms with Crippen LogP contribution in [0.25, 0.3) is 0 Å². The maximum atomic E-state index is 13.5. The summed E-state index contributed by atoms with van der Waals surface area (Å²) in [6, 6.07) is 5.95. The van der Waals surface area contributed by atoms with E-state index in [2.05, 4.69) is 10.2 Å². The van der Waals surface area contributed by atoms with E-state index >= 15 is 0 Å². The van der Waals surface area contributed by atoms with E-state index in [4.69, 9.17) is 0 Å². The summed E-state index contributed by atoms with van der Waals surface area (Å²) < 4.78 is 13.5. The minimum Gasteiger partial charge on any atom is -0.351 e. The number of hydrogen-bond acceptors (Lipinski definition) is 3. The van der Waals surface area contributed by atoms with Gasteiger partial charge in [-0.2, -0.15) is 0 Å². The van der Waals surface area contributed by atoms with E-state index in [1.807, 2.05) is 25.7 Å². The monoisotopic (exact) mass is 335 g/mol. The Hall–Kier alpha value is -1.95. The second kappa shape index (κ2) is 7.75. The van der Waals surface area contributed by atoms with Crippen LogP contribution in [-0.2, 0) is 4.79 Å². The third kappa shape index (κ3) is 4.77. The van der Waals surface area contributed by atoms with Crippen molar-refractivity contribution in [2.24, 2.45) is 5.41 Å². The molecule has 1 fully saturated rings. The highest BCUT2D eigenvalue weighted by Crippen LogP contribution is 2.18. The number of piperazine rings is 1. The molecule has 5 nitrogen and oxygen atoms in total. The third-order valence-electron chi connectivity index (χ3n) is 4.13. The van der Waals surface area contributed by atoms with Crippen molar-refractivity contribution in [3.63, 3.8) is 0 Å². The van der Waals surface area contributed by atoms with Crippen molar-refractivity contribution in [1.29, 1.82) is 0 Å². The number of carbonyl (C=O) groups is 2. The fraction of sp³-hybridized carbons (Fsp3) is 0.556. The average molecular weight is 335 g/mol. The van der Waals surface area contributed by atoms with Crippen molar-refractivity contribution in [2.45, 2.75) is 20.8 Å². The van der Waals surface area contributed by atoms with Gasteiger partial charge in [0.05, 0.1) is 5.56 Å². The molecule has 0 atom stereocenters. The van der Waals surface area contributed by atoms with Crippen molar-refractivity contribution in [3.05, 3.63) is 35.6 Å². The van der Waals surface area contributed by atoms with Crippen LogP contribution in [0.2, 0.25) is 0 Å². The van der Waals surface area contributed by atoms with Crippen molar-refractivity contribution < 1.29 is 14.0 Å². The zero-order chi connectivity index (χ0) is 17.7. The van der Waals surface area contributed by atoms with Crippen molar-refractivity contribution >= 4 is 11.8 Å². The number of benzene rings is 1. The highest BCUT2D eigenvalue weighted by atomic mass is 19.1. The normalized spacial score (nSPS) is 16.1. The van der Waals surface area contributed by atoms with Gasteiger partial charge in [0, 0.05) is 44.7 Å². The predicted molar refractivity (Wildman–Crippen MR) is 91.2 cm³/mol. The van der Waals surface area contributed by atoms with Crippen LogP contribution in [0.4, 0.5) is 4.39 Å². The molecule has 2 amide bonds. The summed E-state index contributed by atoms with van der Waals surface area (Å²) in [5, 5.41) is 2.74. The smallest absolute Gasteiger partial charge is 0.254 e. The van der Waals surface area contributed by atoms with E-state index in [-0.39, 0.29) is 16.9 Å². The van der Waals surface area contributed by atoms with Gasteiger partial charge in [0.1, 0.15) is 5.82 Å². The average Bonchev–Trinajstić information content (AvgIpc) is 2.54. The molecule has 0 bridgehead atoms. The molecule has 0 radical (unpaired) electrons. The molecular weight excluding hydrogens is 309 g/mol. The first-order valence-electron chi connectivity index (χ1n) is 8.33. The SMILES string of the molecule is CC(C)(C)C(=O)N1CCN(CCNC(=O)c2ccccc2F)CC1. The Balaban J connectivity index is 1.73. The first-order chi connectivity index (χ1) is 11.3. The highest BCUT2D eigenvalue weighted by molar-refractivity contribution is 5.94. The zero-order valence-electron chi connectivity index (χ0n) is 14.6. The van der Waals surface area contributed by atoms with Crippen LogP contribution in [0.1, 0.15) is 31.1 Å². The Morgan fingerprint density at radius 1 is 1.12 bits per heavy atom. The zero-order valence-corrected chi connectivity index (χ0v) is 14.6. The van der Waals surface area contributed by atoms with Crippen LogP contribution >= 0.6 is 0 Å². The van der Waals surface area contributed by atoms with Gasteiger partial charge in [-0.15, -0.1) is 0 Å². The quantitative estimate of drug-likeness (QED) is 0.912. The lowest BCUT2D eigenvalue weighted by Gasteiger charge is -2.37. The number of amides is 2. The van der Waals surface area contributed by atoms with Gasteiger partial charge in [-0.05, 0) is 12.1 Å². The molecule has 0 spiro atoms. The maximum Gasteiger partial charge on any atom is 0.254 e. The topological polar surface area (TPSA) is 52.7 Å². The van der Waals surface area contributed by atoms with Crippen LogP contribution < -0.4 is 5.32 Å². The summed E-state index contributed by atoms with van der Waals surface area (Å²) in [7, 11) is 0. The Labute approximate surface area is 142 Å². The summed E-state index contributed by atoms with van der Waals surface area (Å²) in [6.07, 6.45) is 0. The lowest BCUT2D eigenvalue weighted by Crippen LogP contribution is -2.52. The van der Waals surface area contributed by atoms with Crippen LogP contribution in [0.3, 0.4) is 0 Å². The van der Waals surface area contributed by atoms with Crippen LogP contribution in [-0.4, -0.2) is 60.9 Å². The highest BCUT2D eigenvalue weighted by Gasteiger charge is 2.29. The minimum absolute atomic E-state index is 0.0677. The summed E-state index contributed by atoms with van der Waals surface area (Å²) >= 11 is 0. The van der Waals surface area contributed by atoms with Gasteiger partial charge in [0.2, 0.25) is 5.91 Å². The largest absolute Gasteiger partial charge is 0.351 e. The number of nitrogens with one attached hydrogen (secondary N) is 1. The molecule has 2 rings (SSSR count). The van der Waals surface area contributed by atoms with Crippen molar-refractivity contribution in [2.75, 3.05) is 39.3 Å². The molecule has 1 N–H and O–H groups in total. The summed E-state index contributed by atoms with van der Waals surface area (Å²) in [5.74, 6) is -0.728. The number of halogens is 1. The van der Waals surface area contributed by atoms with E-state index in [1.165, 1.54) is 12.1 Å². The standard InChI is InChI=1S/C18H26FN3O2/c1-18(2,3)17(24)22-12-10-21(11-13-22)9-8-20-16(23)14-6-4-5-7-15(14)19/h4-7H,8-13H2,1-3H3,(H,20,23). The molecule has 0 unspecified atom stereocenters. The Morgan fingerprint density at radius 3 is 2.33 bits per heavy atom. The van der Waals surface area contributed by atoms with Crippen LogP contribution in [0.15, 0.2) is 24.3 Å². The molecule has 24 heavy (non-hydrogen) atoms. The van der Waals surface area contributed by atoms with Crippen LogP contribution in [0, 0.1) is 11.2 Å². The Morgan fingerprint density at radius 2 is 1.75 bits per heavy atom. The fourth-order valence-corrected chi connectivity index (χ4v) is 2.72. The minimum atomic E-state index is -0.510. The van der Waals surface area contributed by atoms with E-state index < -0.39 is 11.7 Å². The molecular formula is C18H26FN3O2. The number of nitrogens with zero attached hydrogens (tertiary/aromatic N) is 2. The fourth-order valence-electron chi connectivity index (χ4n) is 2.72. The van der Waals surface area contributed by atoms with Gasteiger partial charge in [-0.25, -0.2) is 4.39 Å². The van der Waals surface area contributed by atoms with E-state index in [1.54, 1.807) is 12.1 Å². The van der Waals surface area contributed by atoms with E-state index in [0.717, 1.165) is 13.1 Å². The van der Waals surface area contributed by atoms with E-state index in [0.29, 0.717) is 26.2 Å². The molecule has 0 aromatic heterocycles. The first-order valence-corrected chi connectivity index (χ1v) is 8.33. The third-order valence-corrected chi connectivity index (χ3v) is 4.13. The summed E-state index contributed by atoms with van der Waals surface area (Å²) in [5.41, 5.74) is -0.284. The second-order valence-corrected chi connectivity index (χ2v) is 7.12. The molecule has 0 aliphatic carbocycles. The van der Waals surface area contributed by atoms with Gasteiger partial charge in [0.15, 0.2) is 0 Å². The molecule has 1 aliphatic rings. The van der Waals surface area contributed by atoms with Gasteiger partial charge in [0.25, 0.3) is 5.91 Å². The van der Waals surface area contributed by atoms with Crippen molar-refractivity contribution in [3.8, 4) is 0 Å². The molecule has 1 aliphatic heterocycles. The summed E-state index contributed by atoms with van der Waals surface area (Å²) in [4.78, 5) is 28.3. The predicted octanol–water partition coefficient (Wildman–Crippen LogP) is 1.75. The molecule has 6 heteroatoms. The Kier molecular flexibility index (Phi) is 5.94. The van der Waals surface area contributed by atoms with Gasteiger partial charge in [-0.3, -0.25) is 14.5 Å². The lowest BCUT2D eigenvalue weighted by atomic mass is 9.94. The first kappa shape index (κ1) is 18.4. The molecule has 1 heterocycles. The summed E-state index contributed by atoms with van der Waals surface area (Å²) in [6.45, 7) is 9.93. The molecule has 0 saturated carbocycles. The van der Waals surface area contributed by atoms with Crippen molar-refractivity contribution in [1.82, 2.24) is 15.1 Å². The second-order valence-electron chi connectivity index (χ2n) is 7.12. The number of hydrogen-bond donors (Lipinski definition) is 1. The molecule has 1 aromatic carbocycles. The Bertz CT molecular complexity index is 590.